The summed E-state index contributed by atoms with van der Waals surface area (Å²) in [5.41, 5.74) is 3.22. The van der Waals surface area contributed by atoms with Crippen LogP contribution in [0.3, 0.4) is 0 Å². The maximum Gasteiger partial charge on any atom is 0.344 e. The molecule has 0 radical (unpaired) electrons. The molecule has 1 heterocycles. The molecule has 0 aliphatic heterocycles. The number of para-hydroxylation sites is 1. The highest BCUT2D eigenvalue weighted by Crippen LogP contribution is 2.31. The number of anilines is 1. The van der Waals surface area contributed by atoms with Gasteiger partial charge in [-0.15, -0.1) is 0 Å². The second-order valence-electron chi connectivity index (χ2n) is 6.72. The van der Waals surface area contributed by atoms with Crippen LogP contribution in [0.5, 0.6) is 5.75 Å². The predicted octanol–water partition coefficient (Wildman–Crippen LogP) is 5.03. The quantitative estimate of drug-likeness (QED) is 0.500. The summed E-state index contributed by atoms with van der Waals surface area (Å²) in [5.74, 6) is 0.241. The third kappa shape index (κ3) is 3.75. The van der Waals surface area contributed by atoms with Gasteiger partial charge in [0.2, 0.25) is 0 Å². The van der Waals surface area contributed by atoms with Crippen molar-refractivity contribution in [3.05, 3.63) is 94.3 Å². The van der Waals surface area contributed by atoms with Crippen LogP contribution in [0.2, 0.25) is 0 Å². The third-order valence-electron chi connectivity index (χ3n) is 4.71. The summed E-state index contributed by atoms with van der Waals surface area (Å²) in [6.45, 7) is 1.96. The van der Waals surface area contributed by atoms with E-state index in [1.165, 1.54) is 7.11 Å². The number of fused-ring (bicyclic) bond motifs is 1. The fraction of sp³-hybridized carbons (Fsp3) is 0.0833. The fourth-order valence-electron chi connectivity index (χ4n) is 3.14. The summed E-state index contributed by atoms with van der Waals surface area (Å²) in [6, 6.07) is 21.6. The molecule has 0 spiro atoms. The van der Waals surface area contributed by atoms with E-state index in [1.807, 2.05) is 37.3 Å². The first-order chi connectivity index (χ1) is 14.0. The van der Waals surface area contributed by atoms with E-state index in [1.54, 1.807) is 42.5 Å². The number of nitrogens with one attached hydrogen (secondary N) is 1. The van der Waals surface area contributed by atoms with Crippen LogP contribution in [0.15, 0.2) is 82.0 Å². The van der Waals surface area contributed by atoms with E-state index >= 15 is 0 Å². The number of carbonyl (C=O) groups excluding carboxylic acids is 1. The Morgan fingerprint density at radius 3 is 2.48 bits per heavy atom. The van der Waals surface area contributed by atoms with Gasteiger partial charge in [0.05, 0.1) is 18.4 Å². The van der Waals surface area contributed by atoms with Gasteiger partial charge in [-0.1, -0.05) is 42.0 Å². The summed E-state index contributed by atoms with van der Waals surface area (Å²) in [5, 5.41) is 3.69. The zero-order valence-corrected chi connectivity index (χ0v) is 16.1. The zero-order valence-electron chi connectivity index (χ0n) is 16.1. The Bertz CT molecular complexity index is 1260. The van der Waals surface area contributed by atoms with Crippen LogP contribution in [0.1, 0.15) is 15.9 Å². The molecule has 0 unspecified atom stereocenters. The Kier molecular flexibility index (Phi) is 4.87. The van der Waals surface area contributed by atoms with Gasteiger partial charge in [-0.3, -0.25) is 4.79 Å². The maximum absolute atomic E-state index is 12.6. The second-order valence-corrected chi connectivity index (χ2v) is 6.72. The molecule has 4 aromatic rings. The van der Waals surface area contributed by atoms with Gasteiger partial charge in [-0.05, 0) is 48.9 Å². The Balaban J connectivity index is 1.74. The minimum absolute atomic E-state index is 0.258. The topological polar surface area (TPSA) is 68.5 Å². The molecule has 0 bridgehead atoms. The molecular formula is C24H19NO4. The number of ether oxygens (including phenoxy) is 1. The highest BCUT2D eigenvalue weighted by Gasteiger charge is 2.14. The van der Waals surface area contributed by atoms with Crippen molar-refractivity contribution in [2.45, 2.75) is 6.92 Å². The SMILES string of the molecule is COc1ccc(-c2cc3ccccc3oc2=O)cc1NC(=O)c1ccc(C)cc1. The van der Waals surface area contributed by atoms with Gasteiger partial charge in [0.25, 0.3) is 5.91 Å². The lowest BCUT2D eigenvalue weighted by Gasteiger charge is -2.12. The predicted molar refractivity (Wildman–Crippen MR) is 114 cm³/mol. The molecule has 0 aliphatic carbocycles. The van der Waals surface area contributed by atoms with Crippen LogP contribution in [0, 0.1) is 6.92 Å². The fourth-order valence-corrected chi connectivity index (χ4v) is 3.14. The van der Waals surface area contributed by atoms with Crippen molar-refractivity contribution in [3.63, 3.8) is 0 Å². The van der Waals surface area contributed by atoms with Crippen molar-refractivity contribution in [2.75, 3.05) is 12.4 Å². The number of rotatable bonds is 4. The molecule has 1 N–H and O–H groups in total. The van der Waals surface area contributed by atoms with E-state index < -0.39 is 5.63 Å². The van der Waals surface area contributed by atoms with Gasteiger partial charge in [-0.2, -0.15) is 0 Å². The maximum atomic E-state index is 12.6. The van der Waals surface area contributed by atoms with Crippen molar-refractivity contribution in [1.29, 1.82) is 0 Å². The van der Waals surface area contributed by atoms with Crippen LogP contribution < -0.4 is 15.7 Å². The molecule has 5 heteroatoms. The molecular weight excluding hydrogens is 366 g/mol. The smallest absolute Gasteiger partial charge is 0.344 e. The van der Waals surface area contributed by atoms with Gasteiger partial charge in [-0.25, -0.2) is 4.79 Å². The molecule has 3 aromatic carbocycles. The van der Waals surface area contributed by atoms with E-state index in [0.29, 0.717) is 33.7 Å². The average molecular weight is 385 g/mol. The molecule has 1 aromatic heterocycles. The summed E-state index contributed by atoms with van der Waals surface area (Å²) in [4.78, 5) is 25.1. The number of amides is 1. The molecule has 0 aliphatic rings. The van der Waals surface area contributed by atoms with Gasteiger partial charge in [0.15, 0.2) is 0 Å². The molecule has 0 atom stereocenters. The van der Waals surface area contributed by atoms with Gasteiger partial charge >= 0.3 is 5.63 Å². The van der Waals surface area contributed by atoms with Crippen LogP contribution in [-0.2, 0) is 0 Å². The number of methoxy groups -OCH3 is 1. The highest BCUT2D eigenvalue weighted by atomic mass is 16.5. The van der Waals surface area contributed by atoms with Crippen molar-refractivity contribution >= 4 is 22.6 Å². The summed E-state index contributed by atoms with van der Waals surface area (Å²) >= 11 is 0. The monoisotopic (exact) mass is 385 g/mol. The van der Waals surface area contributed by atoms with Crippen LogP contribution >= 0.6 is 0 Å². The van der Waals surface area contributed by atoms with Gasteiger partial charge < -0.3 is 14.5 Å². The minimum Gasteiger partial charge on any atom is -0.495 e. The van der Waals surface area contributed by atoms with E-state index in [4.69, 9.17) is 9.15 Å². The van der Waals surface area contributed by atoms with Gasteiger partial charge in [0.1, 0.15) is 11.3 Å². The molecule has 144 valence electrons. The molecule has 5 nitrogen and oxygen atoms in total. The molecule has 4 rings (SSSR count). The number of benzene rings is 3. The normalized spacial score (nSPS) is 10.7. The first-order valence-electron chi connectivity index (χ1n) is 9.14. The molecule has 29 heavy (non-hydrogen) atoms. The standard InChI is InChI=1S/C24H19NO4/c1-15-7-9-16(10-8-15)23(26)25-20-14-17(11-12-22(20)28-2)19-13-18-5-3-4-6-21(18)29-24(19)27/h3-14H,1-2H3,(H,25,26). The average Bonchev–Trinajstić information content (AvgIpc) is 2.73. The lowest BCUT2D eigenvalue weighted by Crippen LogP contribution is -2.13. The highest BCUT2D eigenvalue weighted by molar-refractivity contribution is 6.05. The number of hydrogen-bond donors (Lipinski definition) is 1. The lowest BCUT2D eigenvalue weighted by atomic mass is 10.0. The minimum atomic E-state index is -0.440. The van der Waals surface area contributed by atoms with E-state index in [-0.39, 0.29) is 5.91 Å². The largest absolute Gasteiger partial charge is 0.495 e. The Hall–Kier alpha value is -3.86. The van der Waals surface area contributed by atoms with Crippen molar-refractivity contribution in [3.8, 4) is 16.9 Å². The van der Waals surface area contributed by atoms with Crippen molar-refractivity contribution in [2.24, 2.45) is 0 Å². The van der Waals surface area contributed by atoms with E-state index in [9.17, 15) is 9.59 Å². The molecule has 0 saturated carbocycles. The Morgan fingerprint density at radius 2 is 1.72 bits per heavy atom. The van der Waals surface area contributed by atoms with Crippen molar-refractivity contribution < 1.29 is 13.9 Å². The number of carbonyl (C=O) groups is 1. The lowest BCUT2D eigenvalue weighted by molar-refractivity contribution is 0.102. The van der Waals surface area contributed by atoms with Gasteiger partial charge in [0, 0.05) is 10.9 Å². The zero-order chi connectivity index (χ0) is 20.4. The summed E-state index contributed by atoms with van der Waals surface area (Å²) < 4.78 is 10.8. The molecule has 1 amide bonds. The van der Waals surface area contributed by atoms with E-state index in [2.05, 4.69) is 5.32 Å². The number of aryl methyl sites for hydroxylation is 1. The van der Waals surface area contributed by atoms with E-state index in [0.717, 1.165) is 10.9 Å². The van der Waals surface area contributed by atoms with Crippen LogP contribution in [0.4, 0.5) is 5.69 Å². The van der Waals surface area contributed by atoms with Crippen LogP contribution in [-0.4, -0.2) is 13.0 Å². The summed E-state index contributed by atoms with van der Waals surface area (Å²) in [6.07, 6.45) is 0. The third-order valence-corrected chi connectivity index (χ3v) is 4.71. The number of hydrogen-bond acceptors (Lipinski definition) is 4. The molecule has 0 fully saturated rings. The Morgan fingerprint density at radius 1 is 0.966 bits per heavy atom. The van der Waals surface area contributed by atoms with Crippen molar-refractivity contribution in [1.82, 2.24) is 0 Å². The first kappa shape index (κ1) is 18.5. The van der Waals surface area contributed by atoms with Crippen LogP contribution in [0.25, 0.3) is 22.1 Å². The Labute approximate surface area is 167 Å². The molecule has 0 saturated heterocycles. The summed E-state index contributed by atoms with van der Waals surface area (Å²) in [7, 11) is 1.53. The first-order valence-corrected chi connectivity index (χ1v) is 9.14. The second kappa shape index (κ2) is 7.64.